The number of pyridine rings is 1. The molecule has 7 heteroatoms. The number of para-hydroxylation sites is 4. The monoisotopic (exact) mass is 1040 g/mol. The molecular formula is C59H43N4O2Pt-3. The molecule has 8 aromatic carbocycles. The van der Waals surface area contributed by atoms with Gasteiger partial charge in [-0.05, 0) is 88.5 Å². The van der Waals surface area contributed by atoms with Crippen molar-refractivity contribution in [1.29, 1.82) is 0 Å². The Bertz CT molecular complexity index is 3670. The van der Waals surface area contributed by atoms with Gasteiger partial charge >= 0.3 is 0 Å². The Morgan fingerprint density at radius 3 is 2.18 bits per heavy atom. The summed E-state index contributed by atoms with van der Waals surface area (Å²) in [5.74, 6) is 1.69. The summed E-state index contributed by atoms with van der Waals surface area (Å²) in [6.07, 6.45) is -0.0126. The van der Waals surface area contributed by atoms with E-state index in [2.05, 4.69) is 59.5 Å². The third kappa shape index (κ3) is 7.23. The van der Waals surface area contributed by atoms with E-state index in [1.54, 1.807) is 24.4 Å². The quantitative estimate of drug-likeness (QED) is 0.165. The fraction of sp³-hybridized carbons (Fsp3) is 0.0847. The first kappa shape index (κ1) is 35.9. The Hall–Kier alpha value is -7.40. The molecule has 4 aliphatic rings. The molecule has 66 heavy (non-hydrogen) atoms. The van der Waals surface area contributed by atoms with Gasteiger partial charge in [-0.3, -0.25) is 0 Å². The third-order valence-corrected chi connectivity index (χ3v) is 12.0. The molecular weight excluding hydrogens is 992 g/mol. The molecule has 10 aromatic rings. The molecule has 4 aliphatic heterocycles. The predicted molar refractivity (Wildman–Crippen MR) is 264 cm³/mol. The average Bonchev–Trinajstić information content (AvgIpc) is 3.92. The van der Waals surface area contributed by atoms with Gasteiger partial charge in [-0.15, -0.1) is 47.6 Å². The van der Waals surface area contributed by atoms with Crippen LogP contribution in [0.25, 0.3) is 61.0 Å². The number of hydrogen-bond donors (Lipinski definition) is 0. The summed E-state index contributed by atoms with van der Waals surface area (Å²) < 4.78 is 60.0. The summed E-state index contributed by atoms with van der Waals surface area (Å²) in [6, 6.07) is 64.2. The van der Waals surface area contributed by atoms with Crippen LogP contribution < -0.4 is 19.3 Å². The maximum Gasteiger partial charge on any atom is 0.135 e. The first-order valence-electron chi connectivity index (χ1n) is 24.2. The summed E-state index contributed by atoms with van der Waals surface area (Å²) in [6.45, 7) is 3.24. The van der Waals surface area contributed by atoms with Gasteiger partial charge in [0.1, 0.15) is 17.3 Å². The Balaban J connectivity index is 0.00000547. The van der Waals surface area contributed by atoms with Gasteiger partial charge in [-0.2, -0.15) is 12.1 Å². The second-order valence-corrected chi connectivity index (χ2v) is 16.6. The van der Waals surface area contributed by atoms with Crippen molar-refractivity contribution in [2.24, 2.45) is 5.92 Å². The Morgan fingerprint density at radius 2 is 1.36 bits per heavy atom. The zero-order valence-corrected chi connectivity index (χ0v) is 38.2. The molecule has 0 aliphatic carbocycles. The molecule has 0 spiro atoms. The van der Waals surface area contributed by atoms with E-state index in [0.29, 0.717) is 39.6 Å². The molecule has 0 saturated carbocycles. The van der Waals surface area contributed by atoms with E-state index in [9.17, 15) is 2.74 Å². The molecule has 14 rings (SSSR count). The van der Waals surface area contributed by atoms with E-state index in [4.69, 9.17) is 18.6 Å². The van der Waals surface area contributed by atoms with E-state index in [1.165, 1.54) is 0 Å². The SMILES string of the molecule is [2H]C([2H])([2H])c1ccc2[c-]c1Oc1[c-]c3c(cc1)c1ccccc1n3-c1cc(C([2H])([2H])C(C)C)c(cn1)-c1ccc(cc1)Oc1cccc(c1)-c1cccc(-c3ccccc3)c1N1[CH-]N2c2ccccc21.[Pt]. The second kappa shape index (κ2) is 16.9. The van der Waals surface area contributed by atoms with Crippen LogP contribution in [0, 0.1) is 31.6 Å². The molecule has 6 heterocycles. The van der Waals surface area contributed by atoms with Crippen molar-refractivity contribution in [1.82, 2.24) is 9.55 Å². The van der Waals surface area contributed by atoms with E-state index in [0.717, 1.165) is 61.2 Å². The molecule has 0 saturated heterocycles. The van der Waals surface area contributed by atoms with Crippen molar-refractivity contribution in [2.75, 3.05) is 9.80 Å². The zero-order valence-electron chi connectivity index (χ0n) is 40.9. The normalized spacial score (nSPS) is 14.2. The van der Waals surface area contributed by atoms with E-state index < -0.39 is 13.2 Å². The number of aromatic nitrogens is 2. The van der Waals surface area contributed by atoms with Gasteiger partial charge in [0, 0.05) is 84.9 Å². The summed E-state index contributed by atoms with van der Waals surface area (Å²) >= 11 is 0. The van der Waals surface area contributed by atoms with Crippen LogP contribution in [0.2, 0.25) is 0 Å². The van der Waals surface area contributed by atoms with E-state index >= 15 is 0 Å². The molecule has 324 valence electrons. The molecule has 6 nitrogen and oxygen atoms in total. The Labute approximate surface area is 406 Å². The maximum absolute atomic E-state index is 9.48. The van der Waals surface area contributed by atoms with Crippen LogP contribution in [0.1, 0.15) is 31.8 Å². The van der Waals surface area contributed by atoms with Crippen molar-refractivity contribution >= 4 is 44.6 Å². The molecule has 0 N–H and O–H groups in total. The minimum atomic E-state index is -2.54. The number of anilines is 4. The standard InChI is InChI=1S/C59H43N4O2.Pt/c1-38(2)31-43-33-58-60-36-52(43)41-24-27-45(28-25-41)64-46-16-11-15-42(32-46)49-19-12-18-48(40-13-5-4-6-14-40)59(49)62-37-61(54-21-9-10-22-55(54)62)44-26-23-39(3)57(34-44)65-47-29-30-51-50-17-7-8-20-53(50)63(58)56(51)35-47;/h4-30,32-33,36-38H,31H2,1-3H3;/q-3;/i3D3,31D2;. The van der Waals surface area contributed by atoms with Crippen molar-refractivity contribution in [3.05, 3.63) is 212 Å². The van der Waals surface area contributed by atoms with Crippen LogP contribution in [-0.2, 0) is 27.4 Å². The van der Waals surface area contributed by atoms with Crippen LogP contribution in [-0.4, -0.2) is 9.55 Å². The summed E-state index contributed by atoms with van der Waals surface area (Å²) in [7, 11) is 0. The van der Waals surface area contributed by atoms with Gasteiger partial charge in [-0.1, -0.05) is 129 Å². The van der Waals surface area contributed by atoms with Crippen molar-refractivity contribution < 1.29 is 37.4 Å². The molecule has 0 unspecified atom stereocenters. The molecule has 0 atom stereocenters. The van der Waals surface area contributed by atoms with Crippen LogP contribution >= 0.6 is 0 Å². The topological polar surface area (TPSA) is 42.8 Å². The number of nitrogens with zero attached hydrogens (tertiary/aromatic N) is 4. The largest absolute Gasteiger partial charge is 0.509 e. The van der Waals surface area contributed by atoms with Crippen LogP contribution in [0.15, 0.2) is 182 Å². The van der Waals surface area contributed by atoms with Gasteiger partial charge in [0.05, 0.1) is 0 Å². The first-order valence-corrected chi connectivity index (χ1v) is 21.7. The molecule has 2 aromatic heterocycles. The number of ether oxygens (including phenoxy) is 2. The number of rotatable bonds is 3. The number of benzene rings is 8. The smallest absolute Gasteiger partial charge is 0.135 e. The zero-order chi connectivity index (χ0) is 47.9. The third-order valence-electron chi connectivity index (χ3n) is 12.0. The van der Waals surface area contributed by atoms with Gasteiger partial charge in [0.15, 0.2) is 0 Å². The molecule has 12 bridgehead atoms. The molecule has 0 radical (unpaired) electrons. The van der Waals surface area contributed by atoms with E-state index in [-0.39, 0.29) is 44.0 Å². The summed E-state index contributed by atoms with van der Waals surface area (Å²) in [5.41, 5.74) is 10.6. The van der Waals surface area contributed by atoms with Crippen LogP contribution in [0.5, 0.6) is 23.0 Å². The molecule has 0 amide bonds. The van der Waals surface area contributed by atoms with Gasteiger partial charge in [0.2, 0.25) is 0 Å². The average molecular weight is 1040 g/mol. The fourth-order valence-corrected chi connectivity index (χ4v) is 9.13. The predicted octanol–water partition coefficient (Wildman–Crippen LogP) is 15.6. The number of hydrogen-bond acceptors (Lipinski definition) is 5. The number of fused-ring (bicyclic) bond motifs is 5. The van der Waals surface area contributed by atoms with Crippen molar-refractivity contribution in [3.8, 4) is 62.2 Å². The number of aryl methyl sites for hydroxylation is 1. The van der Waals surface area contributed by atoms with Crippen molar-refractivity contribution in [2.45, 2.75) is 27.1 Å². The van der Waals surface area contributed by atoms with Crippen LogP contribution in [0.3, 0.4) is 0 Å². The fourth-order valence-electron chi connectivity index (χ4n) is 9.13. The van der Waals surface area contributed by atoms with Crippen molar-refractivity contribution in [3.63, 3.8) is 0 Å². The Kier molecular flexibility index (Phi) is 9.17. The van der Waals surface area contributed by atoms with E-state index in [1.807, 2.05) is 145 Å². The summed E-state index contributed by atoms with van der Waals surface area (Å²) in [4.78, 5) is 9.23. The maximum atomic E-state index is 9.48. The van der Waals surface area contributed by atoms with Gasteiger partial charge in [-0.25, -0.2) is 4.98 Å². The Morgan fingerprint density at radius 1 is 0.636 bits per heavy atom. The minimum absolute atomic E-state index is 0. The van der Waals surface area contributed by atoms with Gasteiger partial charge < -0.3 is 23.8 Å². The van der Waals surface area contributed by atoms with Gasteiger partial charge in [0.25, 0.3) is 0 Å². The molecule has 0 fully saturated rings. The van der Waals surface area contributed by atoms with Crippen LogP contribution in [0.4, 0.5) is 22.7 Å². The first-order chi connectivity index (χ1) is 33.9. The summed E-state index contributed by atoms with van der Waals surface area (Å²) in [5, 5.41) is 1.81. The second-order valence-electron chi connectivity index (χ2n) is 16.6. The minimum Gasteiger partial charge on any atom is -0.509 e.